The lowest BCUT2D eigenvalue weighted by Gasteiger charge is -2.19. The minimum Gasteiger partial charge on any atom is -0.534 e. The Morgan fingerprint density at radius 3 is 3.20 bits per heavy atom. The summed E-state index contributed by atoms with van der Waals surface area (Å²) in [5, 5.41) is 18.4. The van der Waals surface area contributed by atoms with Crippen LogP contribution in [0.2, 0.25) is 5.82 Å². The second-order valence-corrected chi connectivity index (χ2v) is 3.90. The van der Waals surface area contributed by atoms with Crippen molar-refractivity contribution >= 4 is 13.1 Å². The van der Waals surface area contributed by atoms with Crippen LogP contribution in [-0.2, 0) is 0 Å². The highest BCUT2D eigenvalue weighted by Gasteiger charge is 2.54. The van der Waals surface area contributed by atoms with Crippen molar-refractivity contribution in [1.82, 2.24) is 4.98 Å². The Morgan fingerprint density at radius 2 is 2.47 bits per heavy atom. The normalized spacial score (nSPS) is 26.3. The average Bonchev–Trinajstić information content (AvgIpc) is 2.97. The first-order valence-electron chi connectivity index (χ1n) is 4.75. The van der Waals surface area contributed by atoms with Crippen LogP contribution in [0.25, 0.3) is 0 Å². The number of aromatic carboxylic acids is 1. The van der Waals surface area contributed by atoms with Gasteiger partial charge in [-0.05, 0) is 24.0 Å². The number of carboxylic acids is 1. The van der Waals surface area contributed by atoms with E-state index in [1.54, 1.807) is 6.07 Å². The van der Waals surface area contributed by atoms with E-state index in [2.05, 4.69) is 4.98 Å². The van der Waals surface area contributed by atoms with E-state index in [0.717, 1.165) is 12.0 Å². The zero-order valence-electron chi connectivity index (χ0n) is 7.75. The maximum absolute atomic E-state index is 10.9. The van der Waals surface area contributed by atoms with Crippen LogP contribution in [0.15, 0.2) is 12.3 Å². The third kappa shape index (κ3) is 1.14. The number of carboxylic acid groups (broad SMARTS) is 1. The van der Waals surface area contributed by atoms with Gasteiger partial charge in [-0.1, -0.05) is 0 Å². The fraction of sp³-hybridized carbons (Fsp3) is 0.333. The van der Waals surface area contributed by atoms with Gasteiger partial charge in [0.1, 0.15) is 5.75 Å². The zero-order chi connectivity index (χ0) is 10.6. The van der Waals surface area contributed by atoms with Crippen molar-refractivity contribution < 1.29 is 19.6 Å². The third-order valence-corrected chi connectivity index (χ3v) is 2.98. The second-order valence-electron chi connectivity index (χ2n) is 3.90. The summed E-state index contributed by atoms with van der Waals surface area (Å²) in [5.41, 5.74) is 0.745. The summed E-state index contributed by atoms with van der Waals surface area (Å²) in [7, 11) is -0.884. The van der Waals surface area contributed by atoms with Crippen molar-refractivity contribution in [2.24, 2.45) is 0 Å². The molecule has 0 radical (unpaired) electrons. The molecular formula is C9H8BNO4. The molecule has 15 heavy (non-hydrogen) atoms. The van der Waals surface area contributed by atoms with E-state index in [-0.39, 0.29) is 23.2 Å². The van der Waals surface area contributed by atoms with Crippen molar-refractivity contribution in [1.29, 1.82) is 0 Å². The van der Waals surface area contributed by atoms with E-state index in [0.29, 0.717) is 0 Å². The Kier molecular flexibility index (Phi) is 1.59. The van der Waals surface area contributed by atoms with Crippen LogP contribution in [0.5, 0.6) is 5.75 Å². The highest BCUT2D eigenvalue weighted by atomic mass is 16.5. The Hall–Kier alpha value is -1.56. The largest absolute Gasteiger partial charge is 0.534 e. The maximum Gasteiger partial charge on any atom is 0.526 e. The van der Waals surface area contributed by atoms with Gasteiger partial charge in [0.05, 0.1) is 0 Å². The van der Waals surface area contributed by atoms with Crippen LogP contribution >= 0.6 is 0 Å². The van der Waals surface area contributed by atoms with Crippen molar-refractivity contribution in [2.45, 2.75) is 18.2 Å². The number of nitrogens with zero attached hydrogens (tertiary/aromatic N) is 1. The first kappa shape index (κ1) is 8.73. The van der Waals surface area contributed by atoms with Crippen LogP contribution < -0.4 is 4.65 Å². The number of carbonyl (C=O) groups is 1. The van der Waals surface area contributed by atoms with Crippen LogP contribution in [0.3, 0.4) is 0 Å². The van der Waals surface area contributed by atoms with Gasteiger partial charge in [0, 0.05) is 12.0 Å². The van der Waals surface area contributed by atoms with E-state index in [1.807, 2.05) is 0 Å². The summed E-state index contributed by atoms with van der Waals surface area (Å²) < 4.78 is 5.19. The van der Waals surface area contributed by atoms with Crippen molar-refractivity contribution in [2.75, 3.05) is 0 Å². The lowest BCUT2D eigenvalue weighted by molar-refractivity contribution is 0.0687. The standard InChI is InChI=1S/C9H8BNO4/c12-9(13)7-8-4(1-2-11-7)5-3-6(5)10(14)15-8/h1-2,5-6,14H,3H2,(H,12,13)/t5-,6-/m1/s1. The molecule has 1 aliphatic heterocycles. The van der Waals surface area contributed by atoms with Crippen LogP contribution in [0.1, 0.15) is 28.4 Å². The highest BCUT2D eigenvalue weighted by molar-refractivity contribution is 6.48. The molecule has 2 atom stereocenters. The Morgan fingerprint density at radius 1 is 1.67 bits per heavy atom. The van der Waals surface area contributed by atoms with Crippen molar-refractivity contribution in [3.8, 4) is 5.75 Å². The molecule has 0 aromatic carbocycles. The fourth-order valence-corrected chi connectivity index (χ4v) is 2.13. The predicted molar refractivity (Wildman–Crippen MR) is 50.9 cm³/mol. The summed E-state index contributed by atoms with van der Waals surface area (Å²) in [6.07, 6.45) is 2.33. The summed E-state index contributed by atoms with van der Waals surface area (Å²) in [4.78, 5) is 14.6. The topological polar surface area (TPSA) is 79.7 Å². The molecule has 3 rings (SSSR count). The number of aromatic nitrogens is 1. The fourth-order valence-electron chi connectivity index (χ4n) is 2.13. The van der Waals surface area contributed by atoms with Gasteiger partial charge >= 0.3 is 13.1 Å². The van der Waals surface area contributed by atoms with Crippen molar-refractivity contribution in [3.05, 3.63) is 23.5 Å². The number of rotatable bonds is 1. The van der Waals surface area contributed by atoms with Crippen LogP contribution in [-0.4, -0.2) is 28.2 Å². The third-order valence-electron chi connectivity index (χ3n) is 2.98. The first-order valence-corrected chi connectivity index (χ1v) is 4.75. The molecule has 1 aromatic heterocycles. The number of pyridine rings is 1. The van der Waals surface area contributed by atoms with Crippen LogP contribution in [0, 0.1) is 0 Å². The molecule has 76 valence electrons. The first-order chi connectivity index (χ1) is 7.18. The molecule has 2 heterocycles. The van der Waals surface area contributed by atoms with E-state index < -0.39 is 13.1 Å². The van der Waals surface area contributed by atoms with Gasteiger partial charge in [-0.25, -0.2) is 9.78 Å². The van der Waals surface area contributed by atoms with Gasteiger partial charge < -0.3 is 14.8 Å². The Labute approximate surface area is 85.9 Å². The molecule has 0 spiro atoms. The van der Waals surface area contributed by atoms with Crippen LogP contribution in [0.4, 0.5) is 0 Å². The van der Waals surface area contributed by atoms with E-state index >= 15 is 0 Å². The molecule has 2 aliphatic rings. The zero-order valence-corrected chi connectivity index (χ0v) is 7.75. The summed E-state index contributed by atoms with van der Waals surface area (Å²) in [6, 6.07) is 1.76. The average molecular weight is 205 g/mol. The predicted octanol–water partition coefficient (Wildman–Crippen LogP) is 0.510. The van der Waals surface area contributed by atoms with Crippen molar-refractivity contribution in [3.63, 3.8) is 0 Å². The Bertz CT molecular complexity index is 450. The van der Waals surface area contributed by atoms with Gasteiger partial charge in [0.2, 0.25) is 0 Å². The van der Waals surface area contributed by atoms with Gasteiger partial charge in [0.25, 0.3) is 0 Å². The van der Waals surface area contributed by atoms with E-state index in [4.69, 9.17) is 9.76 Å². The smallest absolute Gasteiger partial charge is 0.526 e. The molecular weight excluding hydrogens is 197 g/mol. The summed E-state index contributed by atoms with van der Waals surface area (Å²) in [6.45, 7) is 0. The molecule has 0 amide bonds. The summed E-state index contributed by atoms with van der Waals surface area (Å²) in [5.74, 6) is -0.527. The lowest BCUT2D eigenvalue weighted by atomic mass is 9.77. The Balaban J connectivity index is 2.14. The minimum atomic E-state index is -1.13. The van der Waals surface area contributed by atoms with Gasteiger partial charge in [0.15, 0.2) is 5.69 Å². The quantitative estimate of drug-likeness (QED) is 0.652. The van der Waals surface area contributed by atoms with E-state index in [9.17, 15) is 9.82 Å². The highest BCUT2D eigenvalue weighted by Crippen LogP contribution is 2.59. The molecule has 0 bridgehead atoms. The number of hydrogen-bond donors (Lipinski definition) is 2. The van der Waals surface area contributed by atoms with Gasteiger partial charge in [-0.2, -0.15) is 0 Å². The van der Waals surface area contributed by atoms with Gasteiger partial charge in [-0.3, -0.25) is 0 Å². The second kappa shape index (κ2) is 2.73. The molecule has 1 fully saturated rings. The molecule has 1 aromatic rings. The molecule has 5 nitrogen and oxygen atoms in total. The molecule has 1 aliphatic carbocycles. The molecule has 0 unspecified atom stereocenters. The maximum atomic E-state index is 10.9. The molecule has 0 saturated heterocycles. The molecule has 6 heteroatoms. The monoisotopic (exact) mass is 205 g/mol. The SMILES string of the molecule is O=C(O)c1nccc2c1OB(O)[C@@H]1C[C@H]21. The summed E-state index contributed by atoms with van der Waals surface area (Å²) >= 11 is 0. The number of fused-ring (bicyclic) bond motifs is 3. The minimum absolute atomic E-state index is 0.114. The van der Waals surface area contributed by atoms with E-state index in [1.165, 1.54) is 6.20 Å². The number of hydrogen-bond acceptors (Lipinski definition) is 4. The molecule has 2 N–H and O–H groups in total. The lowest BCUT2D eigenvalue weighted by Crippen LogP contribution is -2.27. The van der Waals surface area contributed by atoms with Gasteiger partial charge in [-0.15, -0.1) is 0 Å². The molecule has 1 saturated carbocycles.